The van der Waals surface area contributed by atoms with Crippen molar-refractivity contribution in [3.05, 3.63) is 82.4 Å². The maximum absolute atomic E-state index is 12.7. The quantitative estimate of drug-likeness (QED) is 0.202. The van der Waals surface area contributed by atoms with E-state index in [1.54, 1.807) is 23.9 Å². The first kappa shape index (κ1) is 23.1. The smallest absolute Gasteiger partial charge is 0.295 e. The van der Waals surface area contributed by atoms with E-state index in [1.807, 2.05) is 30.5 Å². The fourth-order valence-electron chi connectivity index (χ4n) is 2.66. The molecule has 3 aromatic carbocycles. The van der Waals surface area contributed by atoms with Gasteiger partial charge in [-0.2, -0.15) is 5.10 Å². The van der Waals surface area contributed by atoms with Crippen molar-refractivity contribution in [2.24, 2.45) is 5.10 Å². The molecule has 0 saturated carbocycles. The van der Waals surface area contributed by atoms with Crippen molar-refractivity contribution >= 4 is 45.1 Å². The van der Waals surface area contributed by atoms with Crippen LogP contribution in [-0.4, -0.2) is 32.9 Å². The summed E-state index contributed by atoms with van der Waals surface area (Å²) in [6.07, 6.45) is 3.49. The van der Waals surface area contributed by atoms with E-state index >= 15 is 0 Å². The zero-order valence-electron chi connectivity index (χ0n) is 17.2. The number of ether oxygens (including phenoxy) is 1. The zero-order chi connectivity index (χ0) is 23.1. The molecule has 0 unspecified atom stereocenters. The highest BCUT2D eigenvalue weighted by Crippen LogP contribution is 2.29. The molecule has 0 bridgehead atoms. The van der Waals surface area contributed by atoms with Gasteiger partial charge in [0.1, 0.15) is 11.4 Å². The van der Waals surface area contributed by atoms with Crippen molar-refractivity contribution in [1.29, 1.82) is 0 Å². The van der Waals surface area contributed by atoms with Gasteiger partial charge in [0.15, 0.2) is 0 Å². The molecular weight excluding hydrogens is 452 g/mol. The van der Waals surface area contributed by atoms with Gasteiger partial charge in [-0.25, -0.2) is 8.42 Å². The lowest BCUT2D eigenvalue weighted by atomic mass is 10.2. The summed E-state index contributed by atoms with van der Waals surface area (Å²) in [6.45, 7) is 0. The molecule has 0 radical (unpaired) electrons. The highest BCUT2D eigenvalue weighted by Gasteiger charge is 2.21. The minimum Gasteiger partial charge on any atom is -0.497 e. The van der Waals surface area contributed by atoms with Crippen LogP contribution in [0.25, 0.3) is 0 Å². The third-order valence-electron chi connectivity index (χ3n) is 4.33. The van der Waals surface area contributed by atoms with Crippen molar-refractivity contribution in [1.82, 2.24) is 0 Å². The second-order valence-corrected chi connectivity index (χ2v) is 8.98. The summed E-state index contributed by atoms with van der Waals surface area (Å²) in [5, 5.41) is 15.5. The fourth-order valence-corrected chi connectivity index (χ4v) is 4.15. The first-order valence-electron chi connectivity index (χ1n) is 9.21. The van der Waals surface area contributed by atoms with Crippen molar-refractivity contribution < 1.29 is 18.1 Å². The van der Waals surface area contributed by atoms with Gasteiger partial charge < -0.3 is 4.74 Å². The van der Waals surface area contributed by atoms with Crippen LogP contribution in [0.15, 0.2) is 81.6 Å². The number of nitro groups is 1. The van der Waals surface area contributed by atoms with Crippen LogP contribution in [0.2, 0.25) is 0 Å². The van der Waals surface area contributed by atoms with Gasteiger partial charge in [0.05, 0.1) is 23.1 Å². The van der Waals surface area contributed by atoms with Gasteiger partial charge in [-0.3, -0.25) is 20.3 Å². The minimum absolute atomic E-state index is 0.0652. The summed E-state index contributed by atoms with van der Waals surface area (Å²) in [7, 11) is -2.54. The Balaban J connectivity index is 1.79. The molecule has 3 aromatic rings. The Bertz CT molecular complexity index is 1230. The molecule has 0 aliphatic heterocycles. The number of hydrogen-bond donors (Lipinski definition) is 2. The van der Waals surface area contributed by atoms with Crippen LogP contribution in [0.3, 0.4) is 0 Å². The molecule has 9 nitrogen and oxygen atoms in total. The molecule has 0 amide bonds. The summed E-state index contributed by atoms with van der Waals surface area (Å²) in [6, 6.07) is 17.4. The number of hydrazone groups is 1. The van der Waals surface area contributed by atoms with Gasteiger partial charge >= 0.3 is 0 Å². The monoisotopic (exact) mass is 472 g/mol. The van der Waals surface area contributed by atoms with Crippen LogP contribution >= 0.6 is 11.8 Å². The minimum atomic E-state index is -4.04. The van der Waals surface area contributed by atoms with E-state index in [-0.39, 0.29) is 10.6 Å². The summed E-state index contributed by atoms with van der Waals surface area (Å²) >= 11 is 1.61. The molecule has 32 heavy (non-hydrogen) atoms. The largest absolute Gasteiger partial charge is 0.497 e. The van der Waals surface area contributed by atoms with Crippen molar-refractivity contribution in [2.45, 2.75) is 9.79 Å². The van der Waals surface area contributed by atoms with E-state index in [0.717, 1.165) is 16.5 Å². The van der Waals surface area contributed by atoms with E-state index in [9.17, 15) is 18.5 Å². The van der Waals surface area contributed by atoms with Crippen LogP contribution in [0.4, 0.5) is 17.1 Å². The molecule has 11 heteroatoms. The van der Waals surface area contributed by atoms with E-state index in [0.29, 0.717) is 11.4 Å². The lowest BCUT2D eigenvalue weighted by molar-refractivity contribution is -0.384. The molecule has 0 aliphatic rings. The average Bonchev–Trinajstić information content (AvgIpc) is 2.79. The topological polar surface area (TPSA) is 123 Å². The van der Waals surface area contributed by atoms with Crippen LogP contribution in [0.5, 0.6) is 5.75 Å². The van der Waals surface area contributed by atoms with Gasteiger partial charge in [0.25, 0.3) is 15.7 Å². The summed E-state index contributed by atoms with van der Waals surface area (Å²) in [4.78, 5) is 11.7. The Kier molecular flexibility index (Phi) is 7.33. The second kappa shape index (κ2) is 10.2. The van der Waals surface area contributed by atoms with Gasteiger partial charge in [-0.05, 0) is 60.4 Å². The molecule has 0 atom stereocenters. The maximum Gasteiger partial charge on any atom is 0.295 e. The van der Waals surface area contributed by atoms with Crippen molar-refractivity contribution in [3.63, 3.8) is 0 Å². The fraction of sp³-hybridized carbons (Fsp3) is 0.0952. The number of methoxy groups -OCH3 is 1. The second-order valence-electron chi connectivity index (χ2n) is 6.41. The van der Waals surface area contributed by atoms with Gasteiger partial charge in [0, 0.05) is 16.6 Å². The number of nitrogens with one attached hydrogen (secondary N) is 2. The van der Waals surface area contributed by atoms with Crippen LogP contribution in [0.1, 0.15) is 5.56 Å². The van der Waals surface area contributed by atoms with Crippen molar-refractivity contribution in [2.75, 3.05) is 23.5 Å². The molecule has 0 heterocycles. The predicted octanol–water partition coefficient (Wildman–Crippen LogP) is 4.57. The molecule has 2 N–H and O–H groups in total. The van der Waals surface area contributed by atoms with Gasteiger partial charge in [0.2, 0.25) is 0 Å². The molecule has 0 fully saturated rings. The zero-order valence-corrected chi connectivity index (χ0v) is 18.8. The first-order chi connectivity index (χ1) is 15.3. The van der Waals surface area contributed by atoms with Crippen LogP contribution in [0, 0.1) is 10.1 Å². The highest BCUT2D eigenvalue weighted by molar-refractivity contribution is 7.98. The third-order valence-corrected chi connectivity index (χ3v) is 6.46. The predicted molar refractivity (Wildman–Crippen MR) is 126 cm³/mol. The van der Waals surface area contributed by atoms with Crippen molar-refractivity contribution in [3.8, 4) is 5.75 Å². The number of nitrogens with zero attached hydrogens (tertiary/aromatic N) is 2. The summed E-state index contributed by atoms with van der Waals surface area (Å²) in [5.74, 6) is 0.569. The first-order valence-corrected chi connectivity index (χ1v) is 11.9. The Hall–Kier alpha value is -3.57. The molecule has 3 rings (SSSR count). The van der Waals surface area contributed by atoms with E-state index in [1.165, 1.54) is 37.6 Å². The Morgan fingerprint density at radius 3 is 2.34 bits per heavy atom. The lowest BCUT2D eigenvalue weighted by Crippen LogP contribution is -2.13. The molecule has 0 spiro atoms. The lowest BCUT2D eigenvalue weighted by Gasteiger charge is -2.10. The normalized spacial score (nSPS) is 11.3. The number of anilines is 2. The molecule has 166 valence electrons. The SMILES string of the molecule is COc1ccc(NS(=O)(=O)c2ccc(N/N=C/c3ccc(SC)cc3)c([N+](=O)[O-])c2)cc1. The maximum atomic E-state index is 12.7. The van der Waals surface area contributed by atoms with E-state index in [4.69, 9.17) is 4.74 Å². The molecule has 0 aromatic heterocycles. The Morgan fingerprint density at radius 1 is 1.06 bits per heavy atom. The third kappa shape index (κ3) is 5.77. The number of thioether (sulfide) groups is 1. The number of benzene rings is 3. The highest BCUT2D eigenvalue weighted by atomic mass is 32.2. The standard InChI is InChI=1S/C21H20N4O5S2/c1-30-17-7-5-16(6-8-17)24-32(28,29)19-11-12-20(21(13-19)25(26)27)23-22-14-15-3-9-18(31-2)10-4-15/h3-14,23-24H,1-2H3/b22-14+. The number of rotatable bonds is 9. The number of hydrogen-bond acceptors (Lipinski definition) is 8. The summed E-state index contributed by atoms with van der Waals surface area (Å²) < 4.78 is 32.8. The van der Waals surface area contributed by atoms with Gasteiger partial charge in [-0.1, -0.05) is 12.1 Å². The summed E-state index contributed by atoms with van der Waals surface area (Å²) in [5.41, 5.74) is 3.36. The van der Waals surface area contributed by atoms with Gasteiger partial charge in [-0.15, -0.1) is 11.8 Å². The molecular formula is C21H20N4O5S2. The number of sulfonamides is 1. The molecule has 0 aliphatic carbocycles. The molecule has 0 saturated heterocycles. The van der Waals surface area contributed by atoms with E-state index in [2.05, 4.69) is 15.2 Å². The number of nitro benzene ring substituents is 1. The Morgan fingerprint density at radius 2 is 1.75 bits per heavy atom. The average molecular weight is 473 g/mol. The van der Waals surface area contributed by atoms with Crippen LogP contribution < -0.4 is 14.9 Å². The van der Waals surface area contributed by atoms with E-state index < -0.39 is 20.6 Å². The Labute approximate surface area is 189 Å². The van der Waals surface area contributed by atoms with Crippen LogP contribution in [-0.2, 0) is 10.0 Å².